The van der Waals surface area contributed by atoms with Gasteiger partial charge in [-0.15, -0.1) is 0 Å². The molecule has 0 unspecified atom stereocenters. The molecule has 13 nitrogen and oxygen atoms in total. The van der Waals surface area contributed by atoms with Crippen molar-refractivity contribution in [2.45, 2.75) is 13.5 Å². The zero-order chi connectivity index (χ0) is 23.7. The maximum atomic E-state index is 12.5. The molecular formula is C20H26N8O5. The minimum Gasteiger partial charge on any atom is -0.361 e. The summed E-state index contributed by atoms with van der Waals surface area (Å²) in [6, 6.07) is 1.63. The number of carbonyl (C=O) groups excluding carboxylic acids is 2. The monoisotopic (exact) mass is 458 g/mol. The van der Waals surface area contributed by atoms with Crippen molar-refractivity contribution < 1.29 is 14.1 Å². The topological polar surface area (TPSA) is 140 Å². The number of aryl methyl sites for hydroxylation is 2. The maximum Gasteiger partial charge on any atom is 0.332 e. The lowest BCUT2D eigenvalue weighted by atomic mass is 10.2. The van der Waals surface area contributed by atoms with Crippen molar-refractivity contribution in [3.63, 3.8) is 0 Å². The molecule has 0 spiro atoms. The number of aromatic nitrogens is 5. The third kappa shape index (κ3) is 4.44. The van der Waals surface area contributed by atoms with Gasteiger partial charge < -0.3 is 19.3 Å². The third-order valence-corrected chi connectivity index (χ3v) is 5.79. The Balaban J connectivity index is 1.27. The van der Waals surface area contributed by atoms with Crippen molar-refractivity contribution in [1.29, 1.82) is 0 Å². The Bertz CT molecular complexity index is 1310. The highest BCUT2D eigenvalue weighted by Crippen LogP contribution is 2.09. The van der Waals surface area contributed by atoms with Gasteiger partial charge in [-0.3, -0.25) is 28.4 Å². The van der Waals surface area contributed by atoms with Crippen LogP contribution < -0.4 is 16.6 Å². The van der Waals surface area contributed by atoms with Gasteiger partial charge in [0.05, 0.1) is 6.33 Å². The summed E-state index contributed by atoms with van der Waals surface area (Å²) >= 11 is 0. The van der Waals surface area contributed by atoms with Crippen LogP contribution in [-0.4, -0.2) is 84.7 Å². The molecule has 1 aliphatic heterocycles. The number of nitrogens with one attached hydrogen (secondary N) is 1. The standard InChI is InChI=1S/C20H26N8O5/c1-13-10-14(23-33-13)18(30)27-8-6-26(7-9-27)5-4-21-15(29)11-28-12-22-17-16(28)19(31)25(3)20(32)24(17)2/h10,12H,4-9,11H2,1-3H3,(H,21,29). The van der Waals surface area contributed by atoms with Gasteiger partial charge in [0.1, 0.15) is 12.3 Å². The second kappa shape index (κ2) is 9.02. The second-order valence-corrected chi connectivity index (χ2v) is 8.06. The molecule has 0 saturated carbocycles. The van der Waals surface area contributed by atoms with Gasteiger partial charge in [0.2, 0.25) is 5.91 Å². The average Bonchev–Trinajstić information content (AvgIpc) is 3.42. The fourth-order valence-corrected chi connectivity index (χ4v) is 3.88. The Labute approximate surface area is 188 Å². The number of amides is 2. The van der Waals surface area contributed by atoms with E-state index >= 15 is 0 Å². The molecule has 33 heavy (non-hydrogen) atoms. The Morgan fingerprint density at radius 2 is 1.85 bits per heavy atom. The van der Waals surface area contributed by atoms with Gasteiger partial charge in [0.25, 0.3) is 11.5 Å². The first kappa shape index (κ1) is 22.5. The van der Waals surface area contributed by atoms with Crippen molar-refractivity contribution in [3.8, 4) is 0 Å². The Hall–Kier alpha value is -3.74. The summed E-state index contributed by atoms with van der Waals surface area (Å²) in [5.74, 6) is 0.192. The zero-order valence-electron chi connectivity index (χ0n) is 18.8. The average molecular weight is 458 g/mol. The first-order valence-electron chi connectivity index (χ1n) is 10.6. The molecule has 4 rings (SSSR count). The van der Waals surface area contributed by atoms with Crippen LogP contribution in [-0.2, 0) is 25.4 Å². The van der Waals surface area contributed by atoms with E-state index in [2.05, 4.69) is 20.4 Å². The number of fused-ring (bicyclic) bond motifs is 1. The molecule has 0 aliphatic carbocycles. The minimum absolute atomic E-state index is 0.0800. The summed E-state index contributed by atoms with van der Waals surface area (Å²) in [5.41, 5.74) is -0.205. The van der Waals surface area contributed by atoms with E-state index in [1.54, 1.807) is 17.9 Å². The fourth-order valence-electron chi connectivity index (χ4n) is 3.88. The van der Waals surface area contributed by atoms with Crippen LogP contribution in [0.25, 0.3) is 11.2 Å². The highest BCUT2D eigenvalue weighted by Gasteiger charge is 2.24. The largest absolute Gasteiger partial charge is 0.361 e. The Morgan fingerprint density at radius 3 is 2.52 bits per heavy atom. The molecule has 0 radical (unpaired) electrons. The van der Waals surface area contributed by atoms with Gasteiger partial charge in [-0.05, 0) is 6.92 Å². The zero-order valence-corrected chi connectivity index (χ0v) is 18.8. The number of hydrogen-bond acceptors (Lipinski definition) is 8. The van der Waals surface area contributed by atoms with Crippen molar-refractivity contribution >= 4 is 23.0 Å². The van der Waals surface area contributed by atoms with E-state index in [4.69, 9.17) is 4.52 Å². The summed E-state index contributed by atoms with van der Waals surface area (Å²) in [6.07, 6.45) is 1.39. The predicted octanol–water partition coefficient (Wildman–Crippen LogP) is -1.70. The van der Waals surface area contributed by atoms with Crippen LogP contribution in [0.1, 0.15) is 16.2 Å². The summed E-state index contributed by atoms with van der Waals surface area (Å²) in [5, 5.41) is 6.62. The first-order chi connectivity index (χ1) is 15.8. The number of imidazole rings is 1. The molecule has 1 N–H and O–H groups in total. The van der Waals surface area contributed by atoms with Crippen LogP contribution in [0.15, 0.2) is 26.5 Å². The van der Waals surface area contributed by atoms with Crippen molar-refractivity contribution in [1.82, 2.24) is 39.0 Å². The molecule has 4 heterocycles. The van der Waals surface area contributed by atoms with E-state index in [1.807, 2.05) is 0 Å². The maximum absolute atomic E-state index is 12.5. The van der Waals surface area contributed by atoms with E-state index in [1.165, 1.54) is 29.6 Å². The number of piperazine rings is 1. The van der Waals surface area contributed by atoms with Crippen molar-refractivity contribution in [2.75, 3.05) is 39.3 Å². The van der Waals surface area contributed by atoms with E-state index in [9.17, 15) is 19.2 Å². The predicted molar refractivity (Wildman–Crippen MR) is 117 cm³/mol. The van der Waals surface area contributed by atoms with Gasteiger partial charge in [-0.1, -0.05) is 5.16 Å². The second-order valence-electron chi connectivity index (χ2n) is 8.06. The normalized spacial score (nSPS) is 14.7. The van der Waals surface area contributed by atoms with Crippen LogP contribution in [0, 0.1) is 6.92 Å². The lowest BCUT2D eigenvalue weighted by Crippen LogP contribution is -2.50. The van der Waals surface area contributed by atoms with Gasteiger partial charge in [0, 0.05) is 59.4 Å². The molecule has 1 saturated heterocycles. The Morgan fingerprint density at radius 1 is 1.12 bits per heavy atom. The van der Waals surface area contributed by atoms with Gasteiger partial charge >= 0.3 is 5.69 Å². The van der Waals surface area contributed by atoms with E-state index in [0.29, 0.717) is 50.7 Å². The van der Waals surface area contributed by atoms with E-state index in [-0.39, 0.29) is 29.5 Å². The highest BCUT2D eigenvalue weighted by molar-refractivity contribution is 5.92. The van der Waals surface area contributed by atoms with Crippen LogP contribution in [0.3, 0.4) is 0 Å². The first-order valence-corrected chi connectivity index (χ1v) is 10.6. The fraction of sp³-hybridized carbons (Fsp3) is 0.500. The van der Waals surface area contributed by atoms with Gasteiger partial charge in [0.15, 0.2) is 16.9 Å². The van der Waals surface area contributed by atoms with Crippen LogP contribution in [0.5, 0.6) is 0 Å². The number of hydrogen-bond donors (Lipinski definition) is 1. The minimum atomic E-state index is -0.494. The lowest BCUT2D eigenvalue weighted by Gasteiger charge is -2.34. The summed E-state index contributed by atoms with van der Waals surface area (Å²) in [7, 11) is 2.92. The lowest BCUT2D eigenvalue weighted by molar-refractivity contribution is -0.121. The van der Waals surface area contributed by atoms with Crippen LogP contribution >= 0.6 is 0 Å². The molecule has 13 heteroatoms. The quantitative estimate of drug-likeness (QED) is 0.461. The molecule has 0 atom stereocenters. The van der Waals surface area contributed by atoms with Crippen LogP contribution in [0.2, 0.25) is 0 Å². The molecule has 2 amide bonds. The molecule has 3 aromatic rings. The van der Waals surface area contributed by atoms with E-state index in [0.717, 1.165) is 4.57 Å². The van der Waals surface area contributed by atoms with E-state index < -0.39 is 11.2 Å². The molecule has 176 valence electrons. The summed E-state index contributed by atoms with van der Waals surface area (Å²) in [6.45, 7) is 5.25. The number of carbonyl (C=O) groups is 2. The smallest absolute Gasteiger partial charge is 0.332 e. The molecule has 0 aromatic carbocycles. The summed E-state index contributed by atoms with van der Waals surface area (Å²) < 4.78 is 8.69. The van der Waals surface area contributed by atoms with Gasteiger partial charge in [-0.2, -0.15) is 0 Å². The van der Waals surface area contributed by atoms with Gasteiger partial charge in [-0.25, -0.2) is 9.78 Å². The van der Waals surface area contributed by atoms with Crippen molar-refractivity contribution in [3.05, 3.63) is 44.7 Å². The number of nitrogens with zero attached hydrogens (tertiary/aromatic N) is 7. The molecular weight excluding hydrogens is 432 g/mol. The highest BCUT2D eigenvalue weighted by atomic mass is 16.5. The molecule has 1 fully saturated rings. The number of rotatable bonds is 6. The molecule has 0 bridgehead atoms. The molecule has 1 aliphatic rings. The van der Waals surface area contributed by atoms with Crippen molar-refractivity contribution in [2.24, 2.45) is 14.1 Å². The summed E-state index contributed by atoms with van der Waals surface area (Å²) in [4.78, 5) is 57.4. The molecule has 3 aromatic heterocycles. The SMILES string of the molecule is Cc1cc(C(=O)N2CCN(CCNC(=O)Cn3cnc4c3c(=O)n(C)c(=O)n4C)CC2)no1. The van der Waals surface area contributed by atoms with Crippen LogP contribution in [0.4, 0.5) is 0 Å². The third-order valence-electron chi connectivity index (χ3n) is 5.79. The Kier molecular flexibility index (Phi) is 6.14.